The topological polar surface area (TPSA) is 75.6 Å². The van der Waals surface area contributed by atoms with Gasteiger partial charge in [0.05, 0.1) is 0 Å². The number of aliphatic hydroxyl groups excluding tert-OH is 1. The molecule has 1 atom stereocenters. The smallest absolute Gasteiger partial charge is 0.407 e. The van der Waals surface area contributed by atoms with Crippen LogP contribution in [0, 0.1) is 17.8 Å². The Labute approximate surface area is 188 Å². The molecule has 0 fully saturated rings. The second kappa shape index (κ2) is 11.7. The van der Waals surface area contributed by atoms with Crippen molar-refractivity contribution in [3.05, 3.63) is 83.4 Å². The minimum Gasteiger partial charge on any atom is -0.445 e. The van der Waals surface area contributed by atoms with Crippen molar-refractivity contribution in [3.8, 4) is 11.8 Å². The Morgan fingerprint density at radius 2 is 1.75 bits per heavy atom. The van der Waals surface area contributed by atoms with Crippen LogP contribution in [-0.2, 0) is 22.6 Å². The minimum atomic E-state index is -0.452. The summed E-state index contributed by atoms with van der Waals surface area (Å²) in [7, 11) is 0. The maximum absolute atomic E-state index is 11.7. The molecule has 0 heterocycles. The van der Waals surface area contributed by atoms with Gasteiger partial charge >= 0.3 is 6.09 Å². The third-order valence-electron chi connectivity index (χ3n) is 5.12. The number of Topliss-reactive ketones (excluding diaryl/α,β-unsaturated/α-hetero) is 1. The van der Waals surface area contributed by atoms with Gasteiger partial charge in [-0.1, -0.05) is 73.4 Å². The first-order valence-corrected chi connectivity index (χ1v) is 10.6. The van der Waals surface area contributed by atoms with Gasteiger partial charge < -0.3 is 15.2 Å². The van der Waals surface area contributed by atoms with Gasteiger partial charge in [-0.05, 0) is 40.5 Å². The molecule has 0 aliphatic carbocycles. The Morgan fingerprint density at radius 3 is 2.53 bits per heavy atom. The van der Waals surface area contributed by atoms with E-state index in [9.17, 15) is 9.59 Å². The van der Waals surface area contributed by atoms with Crippen molar-refractivity contribution >= 4 is 22.6 Å². The Bertz CT molecular complexity index is 1130. The maximum Gasteiger partial charge on any atom is 0.407 e. The third kappa shape index (κ3) is 6.97. The summed E-state index contributed by atoms with van der Waals surface area (Å²) in [6.45, 7) is 2.08. The van der Waals surface area contributed by atoms with E-state index in [2.05, 4.69) is 23.2 Å². The van der Waals surface area contributed by atoms with Gasteiger partial charge in [-0.25, -0.2) is 4.79 Å². The molecule has 3 rings (SSSR count). The normalized spacial score (nSPS) is 11.3. The molecule has 0 aromatic heterocycles. The van der Waals surface area contributed by atoms with Crippen molar-refractivity contribution in [1.82, 2.24) is 5.32 Å². The summed E-state index contributed by atoms with van der Waals surface area (Å²) < 4.78 is 5.16. The molecule has 164 valence electrons. The lowest BCUT2D eigenvalue weighted by atomic mass is 9.95. The number of nitrogens with one attached hydrogen (secondary N) is 1. The van der Waals surface area contributed by atoms with Crippen LogP contribution in [0.1, 0.15) is 30.0 Å². The molecule has 0 unspecified atom stereocenters. The molecule has 0 saturated carbocycles. The van der Waals surface area contributed by atoms with Crippen molar-refractivity contribution in [2.75, 3.05) is 13.2 Å². The number of hydrogen-bond acceptors (Lipinski definition) is 4. The van der Waals surface area contributed by atoms with E-state index in [1.807, 2.05) is 67.6 Å². The quantitative estimate of drug-likeness (QED) is 0.415. The van der Waals surface area contributed by atoms with Crippen LogP contribution < -0.4 is 5.32 Å². The lowest BCUT2D eigenvalue weighted by Gasteiger charge is -2.09. The molecular weight excluding hydrogens is 402 g/mol. The van der Waals surface area contributed by atoms with Crippen LogP contribution in [0.3, 0.4) is 0 Å². The monoisotopic (exact) mass is 429 g/mol. The molecule has 2 N–H and O–H groups in total. The summed E-state index contributed by atoms with van der Waals surface area (Å²) in [6.07, 6.45) is 0.679. The summed E-state index contributed by atoms with van der Waals surface area (Å²) >= 11 is 0. The van der Waals surface area contributed by atoms with E-state index >= 15 is 0 Å². The van der Waals surface area contributed by atoms with Crippen molar-refractivity contribution < 1.29 is 19.4 Å². The summed E-state index contributed by atoms with van der Waals surface area (Å²) in [5.41, 5.74) is 2.91. The summed E-state index contributed by atoms with van der Waals surface area (Å²) in [4.78, 5) is 23.3. The summed E-state index contributed by atoms with van der Waals surface area (Å²) in [6, 6.07) is 21.6. The highest BCUT2D eigenvalue weighted by Gasteiger charge is 2.12. The number of fused-ring (bicyclic) bond motifs is 1. The van der Waals surface area contributed by atoms with Crippen LogP contribution in [-0.4, -0.2) is 30.1 Å². The summed E-state index contributed by atoms with van der Waals surface area (Å²) in [5.74, 6) is 5.85. The third-order valence-corrected chi connectivity index (χ3v) is 5.12. The van der Waals surface area contributed by atoms with E-state index in [4.69, 9.17) is 9.84 Å². The second-order valence-electron chi connectivity index (χ2n) is 7.67. The molecule has 3 aromatic rings. The average molecular weight is 430 g/mol. The van der Waals surface area contributed by atoms with Gasteiger partial charge in [0, 0.05) is 24.4 Å². The van der Waals surface area contributed by atoms with Crippen LogP contribution >= 0.6 is 0 Å². The number of alkyl carbamates (subject to hydrolysis) is 1. The molecule has 5 heteroatoms. The Balaban J connectivity index is 1.47. The molecule has 0 radical (unpaired) electrons. The highest BCUT2D eigenvalue weighted by Crippen LogP contribution is 2.20. The molecule has 3 aromatic carbocycles. The van der Waals surface area contributed by atoms with E-state index in [0.29, 0.717) is 19.4 Å². The molecule has 32 heavy (non-hydrogen) atoms. The number of rotatable bonds is 8. The Morgan fingerprint density at radius 1 is 1.00 bits per heavy atom. The SMILES string of the molecule is C[C@@H](Cc1ccc2cc(C#CCCNC(=O)OCc3ccccc3)ccc2c1)C(=O)CO. The van der Waals surface area contributed by atoms with Crippen molar-refractivity contribution in [2.45, 2.75) is 26.4 Å². The highest BCUT2D eigenvalue weighted by molar-refractivity contribution is 5.85. The summed E-state index contributed by atoms with van der Waals surface area (Å²) in [5, 5.41) is 13.9. The molecule has 0 spiro atoms. The van der Waals surface area contributed by atoms with Crippen LogP contribution in [0.4, 0.5) is 4.79 Å². The first kappa shape index (κ1) is 23.1. The zero-order valence-electron chi connectivity index (χ0n) is 18.1. The fraction of sp³-hybridized carbons (Fsp3) is 0.259. The number of carbonyl (C=O) groups excluding carboxylic acids is 2. The lowest BCUT2D eigenvalue weighted by molar-refractivity contribution is -0.125. The van der Waals surface area contributed by atoms with Gasteiger partial charge in [0.1, 0.15) is 13.2 Å². The standard InChI is InChI=1S/C27H27NO4/c1-20(26(30)18-29)15-23-11-13-24-16-21(10-12-25(24)17-23)7-5-6-14-28-27(31)32-19-22-8-3-2-4-9-22/h2-4,8-13,16-17,20,29H,6,14-15,18-19H2,1H3,(H,28,31)/t20-/m0/s1. The van der Waals surface area contributed by atoms with Crippen LogP contribution in [0.25, 0.3) is 10.8 Å². The fourth-order valence-corrected chi connectivity index (χ4v) is 3.29. The zero-order valence-corrected chi connectivity index (χ0v) is 18.1. The van der Waals surface area contributed by atoms with E-state index in [0.717, 1.165) is 27.5 Å². The van der Waals surface area contributed by atoms with Gasteiger partial charge in [-0.15, -0.1) is 0 Å². The second-order valence-corrected chi connectivity index (χ2v) is 7.67. The molecule has 0 saturated heterocycles. The highest BCUT2D eigenvalue weighted by atomic mass is 16.5. The Hall–Kier alpha value is -3.62. The predicted octanol–water partition coefficient (Wildman–Crippen LogP) is 4.25. The number of amides is 1. The number of hydrogen-bond donors (Lipinski definition) is 2. The van der Waals surface area contributed by atoms with Gasteiger partial charge in [-0.2, -0.15) is 0 Å². The van der Waals surface area contributed by atoms with Gasteiger partial charge in [0.2, 0.25) is 0 Å². The van der Waals surface area contributed by atoms with Crippen molar-refractivity contribution in [1.29, 1.82) is 0 Å². The van der Waals surface area contributed by atoms with Crippen molar-refractivity contribution in [3.63, 3.8) is 0 Å². The van der Waals surface area contributed by atoms with Gasteiger partial charge in [0.25, 0.3) is 0 Å². The molecule has 0 aliphatic heterocycles. The van der Waals surface area contributed by atoms with Crippen molar-refractivity contribution in [2.24, 2.45) is 5.92 Å². The fourth-order valence-electron chi connectivity index (χ4n) is 3.29. The van der Waals surface area contributed by atoms with E-state index in [1.54, 1.807) is 0 Å². The van der Waals surface area contributed by atoms with Crippen LogP contribution in [0.15, 0.2) is 66.7 Å². The largest absolute Gasteiger partial charge is 0.445 e. The number of ketones is 1. The lowest BCUT2D eigenvalue weighted by Crippen LogP contribution is -2.24. The van der Waals surface area contributed by atoms with E-state index in [-0.39, 0.29) is 18.3 Å². The first-order valence-electron chi connectivity index (χ1n) is 10.6. The molecule has 1 amide bonds. The minimum absolute atomic E-state index is 0.144. The number of aliphatic hydroxyl groups is 1. The first-order chi connectivity index (χ1) is 15.5. The molecule has 5 nitrogen and oxygen atoms in total. The van der Waals surface area contributed by atoms with Gasteiger partial charge in [-0.3, -0.25) is 4.79 Å². The molecular formula is C27H27NO4. The Kier molecular flexibility index (Phi) is 8.42. The molecule has 0 aliphatic rings. The van der Waals surface area contributed by atoms with E-state index in [1.165, 1.54) is 0 Å². The van der Waals surface area contributed by atoms with Crippen LogP contribution in [0.5, 0.6) is 0 Å². The molecule has 0 bridgehead atoms. The van der Waals surface area contributed by atoms with Crippen LogP contribution in [0.2, 0.25) is 0 Å². The van der Waals surface area contributed by atoms with Gasteiger partial charge in [0.15, 0.2) is 5.78 Å². The zero-order chi connectivity index (χ0) is 22.8. The number of ether oxygens (including phenoxy) is 1. The number of benzene rings is 3. The predicted molar refractivity (Wildman–Crippen MR) is 125 cm³/mol. The van der Waals surface area contributed by atoms with E-state index < -0.39 is 12.7 Å². The number of carbonyl (C=O) groups is 2. The average Bonchev–Trinajstić information content (AvgIpc) is 2.82. The maximum atomic E-state index is 11.7.